The maximum atomic E-state index is 12.9. The summed E-state index contributed by atoms with van der Waals surface area (Å²) in [5.41, 5.74) is 2.47. The van der Waals surface area contributed by atoms with Gasteiger partial charge in [0.25, 0.3) is 0 Å². The summed E-state index contributed by atoms with van der Waals surface area (Å²) >= 11 is 0. The summed E-state index contributed by atoms with van der Waals surface area (Å²) in [5.74, 6) is 0.120. The second-order valence-electron chi connectivity index (χ2n) is 7.89. The molecule has 0 unspecified atom stereocenters. The van der Waals surface area contributed by atoms with E-state index >= 15 is 0 Å². The van der Waals surface area contributed by atoms with Crippen molar-refractivity contribution < 1.29 is 22.4 Å². The van der Waals surface area contributed by atoms with Crippen LogP contribution in [0.5, 0.6) is 0 Å². The van der Waals surface area contributed by atoms with Crippen LogP contribution in [0.25, 0.3) is 11.1 Å². The molecule has 1 aliphatic rings. The third-order valence-electron chi connectivity index (χ3n) is 5.73. The maximum absolute atomic E-state index is 12.9. The van der Waals surface area contributed by atoms with Crippen LogP contribution >= 0.6 is 0 Å². The molecule has 0 radical (unpaired) electrons. The third kappa shape index (κ3) is 4.44. The van der Waals surface area contributed by atoms with Crippen molar-refractivity contribution in [3.8, 4) is 0 Å². The number of aryl methyl sites for hydroxylation is 1. The summed E-state index contributed by atoms with van der Waals surface area (Å²) in [4.78, 5) is 28.7. The Morgan fingerprint density at radius 2 is 1.81 bits per heavy atom. The van der Waals surface area contributed by atoms with Crippen LogP contribution in [0, 0.1) is 5.92 Å². The fraction of sp³-hybridized carbons (Fsp3) is 0.348. The van der Waals surface area contributed by atoms with Gasteiger partial charge in [-0.1, -0.05) is 19.1 Å². The lowest BCUT2D eigenvalue weighted by Gasteiger charge is -2.30. The Hall–Kier alpha value is -3.04. The number of carbonyl (C=O) groups is 2. The molecule has 1 aromatic heterocycles. The quantitative estimate of drug-likeness (QED) is 0.569. The van der Waals surface area contributed by atoms with Gasteiger partial charge in [0.2, 0.25) is 15.9 Å². The molecule has 0 bridgehead atoms. The predicted molar refractivity (Wildman–Crippen MR) is 120 cm³/mol. The molecular formula is C23H25N3O5S. The minimum absolute atomic E-state index is 0.116. The molecule has 1 fully saturated rings. The summed E-state index contributed by atoms with van der Waals surface area (Å²) in [6, 6.07) is 11.3. The minimum Gasteiger partial charge on any atom is -0.441 e. The molecule has 0 spiro atoms. The highest BCUT2D eigenvalue weighted by Crippen LogP contribution is 2.26. The zero-order chi connectivity index (χ0) is 22.9. The Morgan fingerprint density at radius 1 is 1.12 bits per heavy atom. The number of Topliss-reactive ketones (excluding diaryl/α,β-unsaturated/α-hetero) is 1. The summed E-state index contributed by atoms with van der Waals surface area (Å²) in [5, 5.41) is 2.91. The van der Waals surface area contributed by atoms with Crippen molar-refractivity contribution in [3.05, 3.63) is 53.9 Å². The van der Waals surface area contributed by atoms with E-state index in [1.165, 1.54) is 35.5 Å². The van der Waals surface area contributed by atoms with Crippen molar-refractivity contribution in [1.29, 1.82) is 0 Å². The topological polar surface area (TPSA) is 110 Å². The lowest BCUT2D eigenvalue weighted by Crippen LogP contribution is -2.41. The lowest BCUT2D eigenvalue weighted by atomic mass is 9.97. The zero-order valence-corrected chi connectivity index (χ0v) is 18.8. The van der Waals surface area contributed by atoms with Crippen LogP contribution in [0.2, 0.25) is 0 Å². The number of amides is 1. The highest BCUT2D eigenvalue weighted by atomic mass is 32.2. The molecule has 2 heterocycles. The number of aromatic nitrogens is 1. The number of rotatable bonds is 6. The maximum Gasteiger partial charge on any atom is 0.243 e. The minimum atomic E-state index is -3.67. The molecule has 1 amide bonds. The van der Waals surface area contributed by atoms with Crippen LogP contribution in [0.15, 0.2) is 51.8 Å². The molecule has 9 heteroatoms. The number of sulfonamides is 1. The highest BCUT2D eigenvalue weighted by molar-refractivity contribution is 7.89. The Kier molecular flexibility index (Phi) is 6.12. The first kappa shape index (κ1) is 22.2. The van der Waals surface area contributed by atoms with Gasteiger partial charge >= 0.3 is 0 Å². The van der Waals surface area contributed by atoms with Crippen molar-refractivity contribution in [2.45, 2.75) is 38.0 Å². The SMILES string of the molecule is CCc1nc2cc(NC(=O)C3CCN(S(=O)(=O)c4ccc(C(C)=O)cc4)CC3)ccc2o1. The van der Waals surface area contributed by atoms with Gasteiger partial charge < -0.3 is 9.73 Å². The van der Waals surface area contributed by atoms with Gasteiger partial charge in [-0.05, 0) is 50.1 Å². The number of piperidine rings is 1. The van der Waals surface area contributed by atoms with Crippen molar-refractivity contribution in [2.24, 2.45) is 5.92 Å². The van der Waals surface area contributed by atoms with Gasteiger partial charge in [0.05, 0.1) is 4.90 Å². The number of fused-ring (bicyclic) bond motifs is 1. The molecule has 0 saturated carbocycles. The van der Waals surface area contributed by atoms with E-state index in [0.717, 1.165) is 0 Å². The highest BCUT2D eigenvalue weighted by Gasteiger charge is 2.32. The first-order valence-corrected chi connectivity index (χ1v) is 12.0. The van der Waals surface area contributed by atoms with Gasteiger partial charge in [0, 0.05) is 36.7 Å². The van der Waals surface area contributed by atoms with Gasteiger partial charge in [-0.25, -0.2) is 13.4 Å². The number of nitrogens with one attached hydrogen (secondary N) is 1. The molecule has 32 heavy (non-hydrogen) atoms. The molecule has 168 valence electrons. The van der Waals surface area contributed by atoms with Crippen LogP contribution in [-0.2, 0) is 21.2 Å². The summed E-state index contributed by atoms with van der Waals surface area (Å²) < 4.78 is 32.8. The molecular weight excluding hydrogens is 430 g/mol. The van der Waals surface area contributed by atoms with Crippen molar-refractivity contribution in [3.63, 3.8) is 0 Å². The first-order valence-electron chi connectivity index (χ1n) is 10.6. The molecule has 1 N–H and O–H groups in total. The average molecular weight is 456 g/mol. The normalized spacial score (nSPS) is 15.7. The van der Waals surface area contributed by atoms with E-state index in [9.17, 15) is 18.0 Å². The number of hydrogen-bond donors (Lipinski definition) is 1. The number of anilines is 1. The van der Waals surface area contributed by atoms with Gasteiger partial charge in [0.15, 0.2) is 17.3 Å². The monoisotopic (exact) mass is 455 g/mol. The number of nitrogens with zero attached hydrogens (tertiary/aromatic N) is 2. The van der Waals surface area contributed by atoms with Crippen molar-refractivity contribution in [2.75, 3.05) is 18.4 Å². The number of ketones is 1. The van der Waals surface area contributed by atoms with Gasteiger partial charge in [-0.15, -0.1) is 0 Å². The fourth-order valence-electron chi connectivity index (χ4n) is 3.82. The van der Waals surface area contributed by atoms with E-state index < -0.39 is 10.0 Å². The molecule has 2 aromatic carbocycles. The largest absolute Gasteiger partial charge is 0.441 e. The summed E-state index contributed by atoms with van der Waals surface area (Å²) in [6.07, 6.45) is 1.56. The predicted octanol–water partition coefficient (Wildman–Crippen LogP) is 3.63. The Labute approximate surface area is 186 Å². The molecule has 8 nitrogen and oxygen atoms in total. The summed E-state index contributed by atoms with van der Waals surface area (Å²) in [7, 11) is -3.67. The van der Waals surface area contributed by atoms with E-state index in [0.29, 0.717) is 47.5 Å². The number of carbonyl (C=O) groups excluding carboxylic acids is 2. The molecule has 4 rings (SSSR count). The molecule has 0 atom stereocenters. The third-order valence-corrected chi connectivity index (χ3v) is 7.64. The van der Waals surface area contributed by atoms with E-state index in [1.54, 1.807) is 18.2 Å². The standard InChI is InChI=1S/C23H25N3O5S/c1-3-22-25-20-14-18(6-9-21(20)31-22)24-23(28)17-10-12-26(13-11-17)32(29,30)19-7-4-16(5-8-19)15(2)27/h4-9,14,17H,3,10-13H2,1-2H3,(H,24,28). The summed E-state index contributed by atoms with van der Waals surface area (Å²) in [6.45, 7) is 3.92. The van der Waals surface area contributed by atoms with E-state index in [2.05, 4.69) is 10.3 Å². The second kappa shape index (κ2) is 8.84. The van der Waals surface area contributed by atoms with Crippen molar-refractivity contribution >= 4 is 38.5 Å². The second-order valence-corrected chi connectivity index (χ2v) is 9.83. The number of hydrogen-bond acceptors (Lipinski definition) is 6. The van der Waals surface area contributed by atoms with Gasteiger partial charge in [-0.3, -0.25) is 9.59 Å². The Bertz CT molecular complexity index is 1260. The Balaban J connectivity index is 1.38. The van der Waals surface area contributed by atoms with E-state index in [-0.39, 0.29) is 35.6 Å². The number of oxazole rings is 1. The zero-order valence-electron chi connectivity index (χ0n) is 18.0. The van der Waals surface area contributed by atoms with Crippen LogP contribution in [-0.4, -0.2) is 42.5 Å². The molecule has 1 aliphatic heterocycles. The van der Waals surface area contributed by atoms with Crippen LogP contribution in [0.3, 0.4) is 0 Å². The fourth-order valence-corrected chi connectivity index (χ4v) is 5.29. The smallest absolute Gasteiger partial charge is 0.243 e. The van der Waals surface area contributed by atoms with Crippen LogP contribution in [0.1, 0.15) is 42.9 Å². The first-order chi connectivity index (χ1) is 15.3. The molecule has 3 aromatic rings. The van der Waals surface area contributed by atoms with Crippen LogP contribution in [0.4, 0.5) is 5.69 Å². The van der Waals surface area contributed by atoms with Gasteiger partial charge in [0.1, 0.15) is 5.52 Å². The van der Waals surface area contributed by atoms with E-state index in [4.69, 9.17) is 4.42 Å². The molecule has 1 saturated heterocycles. The van der Waals surface area contributed by atoms with Crippen LogP contribution < -0.4 is 5.32 Å². The average Bonchev–Trinajstić information content (AvgIpc) is 3.22. The molecule has 0 aliphatic carbocycles. The van der Waals surface area contributed by atoms with E-state index in [1.807, 2.05) is 6.92 Å². The lowest BCUT2D eigenvalue weighted by molar-refractivity contribution is -0.120. The Morgan fingerprint density at radius 3 is 2.44 bits per heavy atom. The number of benzene rings is 2. The van der Waals surface area contributed by atoms with Crippen molar-refractivity contribution in [1.82, 2.24) is 9.29 Å². The van der Waals surface area contributed by atoms with Gasteiger partial charge in [-0.2, -0.15) is 4.31 Å².